The van der Waals surface area contributed by atoms with Crippen molar-refractivity contribution in [3.05, 3.63) is 20.5 Å². The van der Waals surface area contributed by atoms with E-state index in [0.717, 1.165) is 0 Å². The van der Waals surface area contributed by atoms with Crippen molar-refractivity contribution in [3.63, 3.8) is 0 Å². The minimum absolute atomic E-state index is 0. The number of hydrogen-bond donors (Lipinski definition) is 0. The average molecular weight is 297 g/mol. The van der Waals surface area contributed by atoms with Crippen LogP contribution in [0.1, 0.15) is 39.5 Å². The third-order valence-electron chi connectivity index (χ3n) is 2.23. The quantitative estimate of drug-likeness (QED) is 0.533. The second-order valence-electron chi connectivity index (χ2n) is 3.17. The van der Waals surface area contributed by atoms with E-state index in [1.54, 1.807) is 33.6 Å². The molecule has 1 aliphatic rings. The van der Waals surface area contributed by atoms with Gasteiger partial charge in [0.1, 0.15) is 0 Å². The van der Waals surface area contributed by atoms with Crippen LogP contribution in [0.4, 0.5) is 0 Å². The van der Waals surface area contributed by atoms with Crippen LogP contribution < -0.4 is 24.8 Å². The van der Waals surface area contributed by atoms with Gasteiger partial charge in [-0.25, -0.2) is 0 Å². The first-order valence-corrected chi connectivity index (χ1v) is 5.59. The number of hydrogen-bond acceptors (Lipinski definition) is 0. The number of rotatable bonds is 3. The fourth-order valence-electron chi connectivity index (χ4n) is 1.38. The van der Waals surface area contributed by atoms with E-state index in [1.165, 1.54) is 31.3 Å². The van der Waals surface area contributed by atoms with Crippen LogP contribution in [-0.2, 0) is 24.7 Å². The Balaban J connectivity index is 0. The maximum absolute atomic E-state index is 2.37. The predicted molar refractivity (Wildman–Crippen MR) is 44.9 cm³/mol. The molecule has 0 N–H and O–H groups in total. The Morgan fingerprint density at radius 3 is 2.38 bits per heavy atom. The molecule has 0 saturated heterocycles. The maximum atomic E-state index is 2.37. The Morgan fingerprint density at radius 2 is 2.00 bits per heavy atom. The van der Waals surface area contributed by atoms with Gasteiger partial charge in [0.2, 0.25) is 0 Å². The van der Waals surface area contributed by atoms with Gasteiger partial charge in [0.25, 0.3) is 0 Å². The van der Waals surface area contributed by atoms with E-state index >= 15 is 0 Å². The fraction of sp³-hybridized carbons (Fsp3) is 0.600. The molecular weight excluding hydrogens is 282 g/mol. The largest absolute Gasteiger partial charge is 1.00 e. The summed E-state index contributed by atoms with van der Waals surface area (Å²) >= 11 is 1.60. The molecule has 0 fully saturated rings. The van der Waals surface area contributed by atoms with Crippen molar-refractivity contribution in [3.8, 4) is 0 Å². The van der Waals surface area contributed by atoms with E-state index in [4.69, 9.17) is 0 Å². The normalized spacial score (nSPS) is 14.9. The summed E-state index contributed by atoms with van der Waals surface area (Å²) < 4.78 is 1.64. The van der Waals surface area contributed by atoms with Crippen LogP contribution in [0, 0.1) is 0 Å². The molecule has 0 bridgehead atoms. The van der Waals surface area contributed by atoms with Crippen LogP contribution in [0.25, 0.3) is 0 Å². The Bertz CT molecular complexity index is 207. The van der Waals surface area contributed by atoms with Gasteiger partial charge < -0.3 is 24.8 Å². The van der Waals surface area contributed by atoms with Gasteiger partial charge in [0, 0.05) is 0 Å². The first-order valence-electron chi connectivity index (χ1n) is 4.36. The van der Waals surface area contributed by atoms with E-state index in [2.05, 4.69) is 19.9 Å². The third kappa shape index (κ3) is 4.81. The van der Waals surface area contributed by atoms with E-state index in [9.17, 15) is 0 Å². The molecule has 1 rings (SSSR count). The monoisotopic (exact) mass is 295 g/mol. The second-order valence-corrected chi connectivity index (χ2v) is 4.40. The zero-order chi connectivity index (χ0) is 8.27. The maximum Gasteiger partial charge on any atom is -1.00 e. The topological polar surface area (TPSA) is 0 Å². The molecule has 0 nitrogen and oxygen atoms in total. The third-order valence-corrected chi connectivity index (χ3v) is 4.07. The van der Waals surface area contributed by atoms with Crippen molar-refractivity contribution in [2.24, 2.45) is 0 Å². The minimum atomic E-state index is 0. The van der Waals surface area contributed by atoms with Crippen molar-refractivity contribution in [1.82, 2.24) is 0 Å². The van der Waals surface area contributed by atoms with Gasteiger partial charge in [0.15, 0.2) is 0 Å². The Labute approximate surface area is 109 Å². The molecule has 73 valence electrons. The molecule has 0 heterocycles. The van der Waals surface area contributed by atoms with Crippen molar-refractivity contribution in [1.29, 1.82) is 0 Å². The Hall–Kier alpha value is 0.943. The summed E-state index contributed by atoms with van der Waals surface area (Å²) in [5.41, 5.74) is 3.25. The smallest absolute Gasteiger partial charge is 1.00 e. The minimum Gasteiger partial charge on any atom is -1.00 e. The molecule has 0 spiro atoms. The Morgan fingerprint density at radius 1 is 1.38 bits per heavy atom. The predicted octanol–water partition coefficient (Wildman–Crippen LogP) is -2.66. The van der Waals surface area contributed by atoms with E-state index < -0.39 is 0 Å². The standard InChI is InChI=1S/C10H15.2ClH.Zr/c1-3-4-5-10-7-6-9(2)8-10;;;/h6H,3-5,7H2,1-2H3;2*1H;/q;;;+2/p-2. The van der Waals surface area contributed by atoms with E-state index in [-0.39, 0.29) is 24.8 Å². The van der Waals surface area contributed by atoms with Gasteiger partial charge in [-0.15, -0.1) is 0 Å². The van der Waals surface area contributed by atoms with Gasteiger partial charge in [-0.1, -0.05) is 0 Å². The van der Waals surface area contributed by atoms with Crippen molar-refractivity contribution >= 4 is 0 Å². The molecule has 0 aliphatic heterocycles. The van der Waals surface area contributed by atoms with Crippen molar-refractivity contribution in [2.45, 2.75) is 39.5 Å². The Kier molecular flexibility index (Phi) is 10.4. The average Bonchev–Trinajstić information content (AvgIpc) is 2.31. The summed E-state index contributed by atoms with van der Waals surface area (Å²) in [6, 6.07) is 0. The van der Waals surface area contributed by atoms with Crippen LogP contribution in [0.15, 0.2) is 20.5 Å². The zero-order valence-corrected chi connectivity index (χ0v) is 12.1. The molecule has 0 unspecified atom stereocenters. The first kappa shape index (κ1) is 16.4. The van der Waals surface area contributed by atoms with Gasteiger partial charge in [-0.2, -0.15) is 0 Å². The SMILES string of the molecule is CCCCC1=[C]([Zr+2])C(C)=CC1.[Cl-].[Cl-]. The van der Waals surface area contributed by atoms with Crippen LogP contribution in [0.5, 0.6) is 0 Å². The summed E-state index contributed by atoms with van der Waals surface area (Å²) in [4.78, 5) is 0. The molecule has 1 aliphatic carbocycles. The van der Waals surface area contributed by atoms with Gasteiger partial charge >= 0.3 is 84.8 Å². The number of allylic oxidation sites excluding steroid dienone is 4. The molecule has 0 aromatic rings. The van der Waals surface area contributed by atoms with Crippen LogP contribution in [0.3, 0.4) is 0 Å². The first-order chi connectivity index (χ1) is 5.25. The molecule has 0 aromatic carbocycles. The molecule has 0 aromatic heterocycles. The van der Waals surface area contributed by atoms with E-state index in [1.807, 2.05) is 0 Å². The molecule has 0 atom stereocenters. The molecule has 0 saturated carbocycles. The zero-order valence-electron chi connectivity index (χ0n) is 8.16. The van der Waals surface area contributed by atoms with Crippen molar-refractivity contribution < 1.29 is 49.5 Å². The van der Waals surface area contributed by atoms with E-state index in [0.29, 0.717) is 0 Å². The van der Waals surface area contributed by atoms with Crippen LogP contribution in [0.2, 0.25) is 0 Å². The van der Waals surface area contributed by atoms with Gasteiger partial charge in [-0.05, 0) is 0 Å². The second kappa shape index (κ2) is 8.27. The summed E-state index contributed by atoms with van der Waals surface area (Å²) in [6.07, 6.45) is 7.65. The molecule has 0 radical (unpaired) electrons. The summed E-state index contributed by atoms with van der Waals surface area (Å²) in [6.45, 7) is 4.50. The number of halogens is 2. The van der Waals surface area contributed by atoms with Crippen molar-refractivity contribution in [2.75, 3.05) is 0 Å². The molecular formula is C10H15Cl2Zr. The van der Waals surface area contributed by atoms with Crippen LogP contribution >= 0.6 is 0 Å². The molecule has 13 heavy (non-hydrogen) atoms. The van der Waals surface area contributed by atoms with Gasteiger partial charge in [0.05, 0.1) is 0 Å². The van der Waals surface area contributed by atoms with Crippen LogP contribution in [-0.4, -0.2) is 0 Å². The summed E-state index contributed by atoms with van der Waals surface area (Å²) in [7, 11) is 0. The molecule has 0 amide bonds. The summed E-state index contributed by atoms with van der Waals surface area (Å²) in [5.74, 6) is 0. The number of unbranched alkanes of at least 4 members (excludes halogenated alkanes) is 1. The summed E-state index contributed by atoms with van der Waals surface area (Å²) in [5, 5.41) is 0. The van der Waals surface area contributed by atoms with Gasteiger partial charge in [-0.3, -0.25) is 0 Å². The molecule has 3 heteroatoms. The fourth-order valence-corrected chi connectivity index (χ4v) is 2.19.